The molecule has 2 rings (SSSR count). The first-order valence-electron chi connectivity index (χ1n) is 6.60. The third-order valence-electron chi connectivity index (χ3n) is 3.17. The van der Waals surface area contributed by atoms with E-state index in [0.29, 0.717) is 16.7 Å². The van der Waals surface area contributed by atoms with Gasteiger partial charge in [0, 0.05) is 23.7 Å². The van der Waals surface area contributed by atoms with Crippen LogP contribution < -0.4 is 15.4 Å². The van der Waals surface area contributed by atoms with E-state index in [2.05, 4.69) is 4.99 Å². The van der Waals surface area contributed by atoms with Crippen LogP contribution in [-0.2, 0) is 0 Å². The number of benzene rings is 2. The molecule has 0 atom stereocenters. The molecule has 2 N–H and O–H groups in total. The Bertz CT molecular complexity index is 691. The highest BCUT2D eigenvalue weighted by atomic mass is 35.5. The second kappa shape index (κ2) is 7.42. The summed E-state index contributed by atoms with van der Waals surface area (Å²) in [4.78, 5) is 7.30. The van der Waals surface area contributed by atoms with Crippen LogP contribution in [0.1, 0.15) is 0 Å². The van der Waals surface area contributed by atoms with Crippen molar-refractivity contribution in [1.82, 2.24) is 0 Å². The molecular formula is C16H18ClN3OS. The lowest BCUT2D eigenvalue weighted by molar-refractivity contribution is 0.415. The number of thioether (sulfide) groups is 1. The fourth-order valence-corrected chi connectivity index (χ4v) is 2.45. The van der Waals surface area contributed by atoms with Gasteiger partial charge in [0.1, 0.15) is 5.75 Å². The minimum Gasteiger partial charge on any atom is -0.497 e. The van der Waals surface area contributed by atoms with Crippen LogP contribution in [-0.4, -0.2) is 26.4 Å². The molecule has 0 spiro atoms. The van der Waals surface area contributed by atoms with Gasteiger partial charge in [-0.05, 0) is 36.6 Å². The Hall–Kier alpha value is -1.85. The molecule has 0 amide bonds. The van der Waals surface area contributed by atoms with Gasteiger partial charge in [-0.25, -0.2) is 4.99 Å². The predicted octanol–water partition coefficient (Wildman–Crippen LogP) is 4.15. The van der Waals surface area contributed by atoms with Gasteiger partial charge in [0.25, 0.3) is 0 Å². The number of halogens is 1. The predicted molar refractivity (Wildman–Crippen MR) is 95.9 cm³/mol. The Labute approximate surface area is 139 Å². The summed E-state index contributed by atoms with van der Waals surface area (Å²) in [5, 5.41) is 0.569. The monoisotopic (exact) mass is 334 g/mol. The zero-order valence-corrected chi connectivity index (χ0v) is 14.3. The summed E-state index contributed by atoms with van der Waals surface area (Å²) < 4.78 is 5.22. The first-order chi connectivity index (χ1) is 10.5. The summed E-state index contributed by atoms with van der Waals surface area (Å²) in [7, 11) is 3.48. The highest BCUT2D eigenvalue weighted by Crippen LogP contribution is 2.30. The Morgan fingerprint density at radius 3 is 2.73 bits per heavy atom. The van der Waals surface area contributed by atoms with Crippen LogP contribution in [0, 0.1) is 0 Å². The number of rotatable bonds is 4. The largest absolute Gasteiger partial charge is 0.497 e. The Balaban J connectivity index is 2.31. The third kappa shape index (κ3) is 3.87. The molecule has 2 aromatic carbocycles. The number of methoxy groups -OCH3 is 1. The van der Waals surface area contributed by atoms with Crippen molar-refractivity contribution >= 4 is 40.7 Å². The van der Waals surface area contributed by atoms with Crippen LogP contribution in [0.25, 0.3) is 0 Å². The van der Waals surface area contributed by atoms with Gasteiger partial charge < -0.3 is 15.4 Å². The summed E-state index contributed by atoms with van der Waals surface area (Å²) >= 11 is 7.81. The summed E-state index contributed by atoms with van der Waals surface area (Å²) in [5.41, 5.74) is 7.64. The molecule has 0 saturated carbocycles. The highest BCUT2D eigenvalue weighted by Gasteiger charge is 2.08. The van der Waals surface area contributed by atoms with Crippen LogP contribution in [0.2, 0.25) is 5.02 Å². The molecule has 0 unspecified atom stereocenters. The molecule has 4 nitrogen and oxygen atoms in total. The fraction of sp³-hybridized carbons (Fsp3) is 0.188. The van der Waals surface area contributed by atoms with Gasteiger partial charge in [-0.3, -0.25) is 0 Å². The maximum atomic E-state index is 6.19. The van der Waals surface area contributed by atoms with Gasteiger partial charge in [0.05, 0.1) is 17.8 Å². The number of nitrogens with two attached hydrogens (primary N) is 1. The quantitative estimate of drug-likeness (QED) is 0.518. The van der Waals surface area contributed by atoms with Gasteiger partial charge >= 0.3 is 0 Å². The molecule has 0 saturated heterocycles. The highest BCUT2D eigenvalue weighted by molar-refractivity contribution is 7.98. The van der Waals surface area contributed by atoms with Crippen molar-refractivity contribution in [2.75, 3.05) is 25.3 Å². The average Bonchev–Trinajstić information content (AvgIpc) is 2.56. The number of ether oxygens (including phenoxy) is 1. The molecule has 0 aliphatic heterocycles. The van der Waals surface area contributed by atoms with Crippen molar-refractivity contribution in [2.45, 2.75) is 4.90 Å². The molecule has 0 aliphatic rings. The summed E-state index contributed by atoms with van der Waals surface area (Å²) in [6, 6.07) is 13.3. The number of anilines is 1. The van der Waals surface area contributed by atoms with Crippen molar-refractivity contribution in [1.29, 1.82) is 0 Å². The molecule has 0 bridgehead atoms. The van der Waals surface area contributed by atoms with Crippen molar-refractivity contribution in [3.63, 3.8) is 0 Å². The van der Waals surface area contributed by atoms with Gasteiger partial charge in [-0.15, -0.1) is 11.8 Å². The van der Waals surface area contributed by atoms with E-state index in [4.69, 9.17) is 22.1 Å². The topological polar surface area (TPSA) is 50.8 Å². The number of hydrogen-bond acceptors (Lipinski definition) is 3. The summed E-state index contributed by atoms with van der Waals surface area (Å²) in [6.45, 7) is 0. The van der Waals surface area contributed by atoms with E-state index >= 15 is 0 Å². The molecule has 0 aromatic heterocycles. The van der Waals surface area contributed by atoms with Gasteiger partial charge in [0.2, 0.25) is 5.96 Å². The zero-order valence-electron chi connectivity index (χ0n) is 12.7. The van der Waals surface area contributed by atoms with Gasteiger partial charge in [-0.2, -0.15) is 0 Å². The molecule has 0 heterocycles. The minimum absolute atomic E-state index is 0.355. The third-order valence-corrected chi connectivity index (χ3v) is 4.22. The number of hydrogen-bond donors (Lipinski definition) is 1. The van der Waals surface area contributed by atoms with Gasteiger partial charge in [-0.1, -0.05) is 17.7 Å². The molecule has 0 radical (unpaired) electrons. The second-order valence-electron chi connectivity index (χ2n) is 4.55. The molecule has 6 heteroatoms. The first-order valence-corrected chi connectivity index (χ1v) is 8.21. The van der Waals surface area contributed by atoms with Crippen molar-refractivity contribution < 1.29 is 4.74 Å². The van der Waals surface area contributed by atoms with E-state index in [1.165, 1.54) is 0 Å². The molecule has 0 fully saturated rings. The molecule has 0 aliphatic carbocycles. The Morgan fingerprint density at radius 2 is 2.05 bits per heavy atom. The van der Waals surface area contributed by atoms with Crippen molar-refractivity contribution in [3.05, 3.63) is 47.5 Å². The van der Waals surface area contributed by atoms with Crippen molar-refractivity contribution in [2.24, 2.45) is 10.7 Å². The lowest BCUT2D eigenvalue weighted by Gasteiger charge is -2.19. The Morgan fingerprint density at radius 1 is 1.27 bits per heavy atom. The lowest BCUT2D eigenvalue weighted by atomic mass is 10.3. The van der Waals surface area contributed by atoms with Crippen LogP contribution in [0.4, 0.5) is 11.4 Å². The van der Waals surface area contributed by atoms with E-state index in [1.807, 2.05) is 55.8 Å². The van der Waals surface area contributed by atoms with E-state index < -0.39 is 0 Å². The van der Waals surface area contributed by atoms with Crippen LogP contribution >= 0.6 is 23.4 Å². The minimum atomic E-state index is 0.355. The molecular weight excluding hydrogens is 317 g/mol. The summed E-state index contributed by atoms with van der Waals surface area (Å²) in [5.74, 6) is 1.12. The zero-order chi connectivity index (χ0) is 16.1. The van der Waals surface area contributed by atoms with Crippen LogP contribution in [0.5, 0.6) is 5.75 Å². The SMILES string of the molecule is CSc1ccc(Cl)c(N=C(N)N(C)c2cccc(O[11CH3])c2)c1. The standard InChI is InChI=1S/C16H18ClN3OS/c1-20(11-5-4-6-12(9-11)21-2)16(18)19-15-10-13(22-3)7-8-14(15)17/h4-10H,1-3H3,(H2,18,19)/i2-1. The maximum absolute atomic E-state index is 6.19. The maximum Gasteiger partial charge on any atom is 0.200 e. The van der Waals surface area contributed by atoms with E-state index in [0.717, 1.165) is 16.3 Å². The van der Waals surface area contributed by atoms with Crippen LogP contribution in [0.15, 0.2) is 52.4 Å². The number of nitrogens with zero attached hydrogens (tertiary/aromatic N) is 2. The molecule has 22 heavy (non-hydrogen) atoms. The van der Waals surface area contributed by atoms with Gasteiger partial charge in [0.15, 0.2) is 0 Å². The van der Waals surface area contributed by atoms with Crippen molar-refractivity contribution in [3.8, 4) is 5.75 Å². The first kappa shape index (κ1) is 16.5. The fourth-order valence-electron chi connectivity index (χ4n) is 1.85. The lowest BCUT2D eigenvalue weighted by Crippen LogP contribution is -2.33. The van der Waals surface area contributed by atoms with Crippen LogP contribution in [0.3, 0.4) is 0 Å². The summed E-state index contributed by atoms with van der Waals surface area (Å²) in [6.07, 6.45) is 2.00. The van der Waals surface area contributed by atoms with E-state index in [1.54, 1.807) is 23.8 Å². The smallest absolute Gasteiger partial charge is 0.200 e. The second-order valence-corrected chi connectivity index (χ2v) is 5.83. The number of guanidine groups is 1. The average molecular weight is 335 g/mol. The normalized spacial score (nSPS) is 11.4. The van der Waals surface area contributed by atoms with E-state index in [-0.39, 0.29) is 0 Å². The number of aliphatic imine (C=N–C) groups is 1. The molecule has 116 valence electrons. The molecule has 2 aromatic rings. The van der Waals surface area contributed by atoms with E-state index in [9.17, 15) is 0 Å². The Kier molecular flexibility index (Phi) is 5.57.